The zero-order valence-corrected chi connectivity index (χ0v) is 33.5. The molecule has 5 rings (SSSR count). The summed E-state index contributed by atoms with van der Waals surface area (Å²) in [7, 11) is 2.50. The minimum absolute atomic E-state index is 0.0935. The van der Waals surface area contributed by atoms with Crippen LogP contribution in [0.2, 0.25) is 0 Å². The fourth-order valence-corrected chi connectivity index (χ4v) is 7.12. The summed E-state index contributed by atoms with van der Waals surface area (Å²) in [6.45, 7) is 12.8. The topological polar surface area (TPSA) is 199 Å². The number of aromatic amines is 2. The van der Waals surface area contributed by atoms with E-state index >= 15 is 0 Å². The van der Waals surface area contributed by atoms with Crippen LogP contribution in [-0.2, 0) is 19.1 Å². The van der Waals surface area contributed by atoms with E-state index < -0.39 is 24.1 Å². The molecule has 298 valence electrons. The Hall–Kier alpha value is -6.40. The first kappa shape index (κ1) is 41.8. The van der Waals surface area contributed by atoms with Crippen LogP contribution in [0.5, 0.6) is 0 Å². The summed E-state index contributed by atoms with van der Waals surface area (Å²) in [4.78, 5) is 73.8. The highest BCUT2D eigenvalue weighted by Gasteiger charge is 2.41. The number of hydrogen-bond acceptors (Lipinski definition) is 9. The highest BCUT2D eigenvalue weighted by atomic mass is 16.5. The lowest BCUT2D eigenvalue weighted by Crippen LogP contribution is -2.51. The predicted molar refractivity (Wildman–Crippen MR) is 210 cm³/mol. The lowest BCUT2D eigenvalue weighted by atomic mass is 9.95. The van der Waals surface area contributed by atoms with Gasteiger partial charge >= 0.3 is 12.2 Å². The third kappa shape index (κ3) is 10.1. The van der Waals surface area contributed by atoms with Crippen molar-refractivity contribution in [2.75, 3.05) is 27.3 Å². The number of imidazole rings is 2. The summed E-state index contributed by atoms with van der Waals surface area (Å²) >= 11 is 0. The number of carbonyl (C=O) groups is 4. The van der Waals surface area contributed by atoms with Gasteiger partial charge in [0.1, 0.15) is 35.1 Å². The van der Waals surface area contributed by atoms with E-state index in [-0.39, 0.29) is 47.6 Å². The summed E-state index contributed by atoms with van der Waals surface area (Å²) in [6.07, 6.45) is 4.59. The Kier molecular flexibility index (Phi) is 13.5. The molecule has 0 aliphatic carbocycles. The van der Waals surface area contributed by atoms with Crippen LogP contribution in [0.25, 0.3) is 0 Å². The summed E-state index contributed by atoms with van der Waals surface area (Å²) in [6, 6.07) is 6.05. The van der Waals surface area contributed by atoms with E-state index in [4.69, 9.17) is 4.74 Å². The summed E-state index contributed by atoms with van der Waals surface area (Å²) < 4.78 is 9.35. The predicted octanol–water partition coefficient (Wildman–Crippen LogP) is 5.11. The van der Waals surface area contributed by atoms with Crippen LogP contribution in [0, 0.1) is 64.6 Å². The lowest BCUT2D eigenvalue weighted by molar-refractivity contribution is -0.136. The summed E-state index contributed by atoms with van der Waals surface area (Å²) in [5.74, 6) is 12.8. The minimum atomic E-state index is -0.758. The number of alkyl carbamates (subject to hydrolysis) is 1. The zero-order chi connectivity index (χ0) is 41.4. The van der Waals surface area contributed by atoms with Crippen LogP contribution >= 0.6 is 0 Å². The van der Waals surface area contributed by atoms with E-state index in [1.165, 1.54) is 20.4 Å². The van der Waals surface area contributed by atoms with Gasteiger partial charge in [-0.15, -0.1) is 0 Å². The standard InChI is InChI=1S/C42H49N9O6/c1-24(2)33(21-46-41(54)56-7)39(52)50-22-26(5)15-34(50)37-45-20-32(48-37)14-12-29-11-9-28(17-30(29)18-43)10-13-31-19-44-38(47-31)35-16-27(6)23-51(35)40(53)36(25(3)4)49-42(55)57-8/h9,11,17,19-21,24-27,33-36H,15-16,22-23H2,1-8H3,(H,44,47)(H,45,48)(H,49,55)/t26-,27-,33?,34-,35-,36-/m0/s1. The number of rotatable bonds is 8. The van der Waals surface area contributed by atoms with Crippen molar-refractivity contribution in [2.45, 2.75) is 72.5 Å². The Morgan fingerprint density at radius 1 is 0.842 bits per heavy atom. The highest BCUT2D eigenvalue weighted by molar-refractivity contribution is 5.97. The maximum Gasteiger partial charge on any atom is 0.432 e. The Morgan fingerprint density at radius 2 is 1.42 bits per heavy atom. The maximum absolute atomic E-state index is 13.7. The van der Waals surface area contributed by atoms with E-state index in [0.29, 0.717) is 65.7 Å². The molecule has 57 heavy (non-hydrogen) atoms. The van der Waals surface area contributed by atoms with Crippen molar-refractivity contribution in [2.24, 2.45) is 34.6 Å². The third-order valence-electron chi connectivity index (χ3n) is 10.1. The van der Waals surface area contributed by atoms with Gasteiger partial charge < -0.3 is 34.6 Å². The number of nitrogens with zero attached hydrogens (tertiary/aromatic N) is 6. The van der Waals surface area contributed by atoms with E-state index in [2.05, 4.69) is 78.6 Å². The highest BCUT2D eigenvalue weighted by Crippen LogP contribution is 2.36. The molecule has 2 saturated heterocycles. The molecule has 15 heteroatoms. The minimum Gasteiger partial charge on any atom is -0.453 e. The van der Waals surface area contributed by atoms with Gasteiger partial charge in [-0.2, -0.15) is 10.3 Å². The van der Waals surface area contributed by atoms with Crippen LogP contribution in [-0.4, -0.2) is 93.3 Å². The molecule has 2 aliphatic heterocycles. The van der Waals surface area contributed by atoms with Gasteiger partial charge in [0.15, 0.2) is 0 Å². The number of nitriles is 1. The molecule has 1 aromatic carbocycles. The van der Waals surface area contributed by atoms with Gasteiger partial charge in [-0.3, -0.25) is 9.59 Å². The number of carbonyl (C=O) groups excluding carboxylic acids is 4. The van der Waals surface area contributed by atoms with Gasteiger partial charge in [0, 0.05) is 30.4 Å². The molecule has 0 bridgehead atoms. The molecule has 2 fully saturated rings. The molecule has 4 amide bonds. The Morgan fingerprint density at radius 3 is 1.95 bits per heavy atom. The number of amides is 4. The van der Waals surface area contributed by atoms with Crippen LogP contribution in [0.4, 0.5) is 9.59 Å². The number of aliphatic imine (C=N–C) groups is 1. The van der Waals surface area contributed by atoms with E-state index in [0.717, 1.165) is 0 Å². The largest absolute Gasteiger partial charge is 0.453 e. The van der Waals surface area contributed by atoms with E-state index in [9.17, 15) is 24.4 Å². The molecule has 4 heterocycles. The fraction of sp³-hybridized carbons (Fsp3) is 0.476. The second-order valence-corrected chi connectivity index (χ2v) is 15.3. The number of benzene rings is 1. The summed E-state index contributed by atoms with van der Waals surface area (Å²) in [5, 5.41) is 12.6. The third-order valence-corrected chi connectivity index (χ3v) is 10.1. The molecule has 15 nitrogen and oxygen atoms in total. The first-order chi connectivity index (χ1) is 27.2. The average Bonchev–Trinajstić information content (AvgIpc) is 4.01. The van der Waals surface area contributed by atoms with E-state index in [1.807, 2.05) is 27.7 Å². The molecular weight excluding hydrogens is 727 g/mol. The number of ether oxygens (including phenoxy) is 2. The molecule has 0 radical (unpaired) electrons. The lowest BCUT2D eigenvalue weighted by Gasteiger charge is -2.30. The normalized spacial score (nSPS) is 20.0. The Balaban J connectivity index is 1.28. The van der Waals surface area contributed by atoms with Crippen LogP contribution < -0.4 is 5.32 Å². The van der Waals surface area contributed by atoms with Crippen molar-refractivity contribution in [1.29, 1.82) is 5.26 Å². The molecule has 3 N–H and O–H groups in total. The average molecular weight is 776 g/mol. The fourth-order valence-electron chi connectivity index (χ4n) is 7.12. The molecule has 1 unspecified atom stereocenters. The quantitative estimate of drug-likeness (QED) is 0.206. The van der Waals surface area contributed by atoms with Crippen LogP contribution in [0.3, 0.4) is 0 Å². The van der Waals surface area contributed by atoms with Crippen molar-refractivity contribution in [1.82, 2.24) is 35.1 Å². The van der Waals surface area contributed by atoms with Gasteiger partial charge in [-0.25, -0.2) is 19.6 Å². The second kappa shape index (κ2) is 18.5. The Labute approximate surface area is 333 Å². The second-order valence-electron chi connectivity index (χ2n) is 15.3. The molecule has 0 spiro atoms. The van der Waals surface area contributed by atoms with Gasteiger partial charge in [0.25, 0.3) is 0 Å². The van der Waals surface area contributed by atoms with Gasteiger partial charge in [0.2, 0.25) is 11.8 Å². The first-order valence-electron chi connectivity index (χ1n) is 19.0. The first-order valence-corrected chi connectivity index (χ1v) is 19.0. The smallest absolute Gasteiger partial charge is 0.432 e. The van der Waals surface area contributed by atoms with Crippen molar-refractivity contribution in [3.05, 3.63) is 70.3 Å². The SMILES string of the molecule is COC(=O)N=CC(C(=O)N1C[C@@H](C)C[C@H]1c1ncc(C#Cc2ccc(C#Cc3cnc([C@@H]4C[C@H](C)CN4C(=O)[C@@H](NC(=O)OC)C(C)C)[nH]3)cc2C#N)[nH]1)C(C)C. The number of aromatic nitrogens is 4. The number of H-pyrrole nitrogens is 2. The van der Waals surface area contributed by atoms with Gasteiger partial charge in [-0.05, 0) is 66.6 Å². The molecule has 2 aliphatic rings. The molecule has 6 atom stereocenters. The molecule has 0 saturated carbocycles. The number of methoxy groups -OCH3 is 2. The molecule has 2 aromatic heterocycles. The van der Waals surface area contributed by atoms with Gasteiger partial charge in [0.05, 0.1) is 50.2 Å². The summed E-state index contributed by atoms with van der Waals surface area (Å²) in [5.41, 5.74) is 2.55. The van der Waals surface area contributed by atoms with Crippen molar-refractivity contribution in [3.63, 3.8) is 0 Å². The van der Waals surface area contributed by atoms with Crippen molar-refractivity contribution in [3.8, 4) is 29.8 Å². The van der Waals surface area contributed by atoms with Crippen LogP contribution in [0.1, 0.15) is 106 Å². The van der Waals surface area contributed by atoms with Gasteiger partial charge in [-0.1, -0.05) is 53.4 Å². The Bertz CT molecular complexity index is 2170. The zero-order valence-electron chi connectivity index (χ0n) is 33.5. The van der Waals surface area contributed by atoms with Crippen LogP contribution in [0.15, 0.2) is 35.6 Å². The number of hydrogen-bond donors (Lipinski definition) is 3. The molecular formula is C42H49N9O6. The van der Waals surface area contributed by atoms with E-state index in [1.54, 1.807) is 40.4 Å². The monoisotopic (exact) mass is 775 g/mol. The number of nitrogens with one attached hydrogen (secondary N) is 3. The van der Waals surface area contributed by atoms with Crippen molar-refractivity contribution < 1.29 is 28.7 Å². The maximum atomic E-state index is 13.7. The number of likely N-dealkylation sites (tertiary alicyclic amines) is 2. The molecule has 3 aromatic rings. The van der Waals surface area contributed by atoms with Crippen molar-refractivity contribution >= 4 is 30.2 Å².